The monoisotopic (exact) mass is 265 g/mol. The van der Waals surface area contributed by atoms with Gasteiger partial charge < -0.3 is 16.0 Å². The third kappa shape index (κ3) is 3.47. The molecule has 6 heteroatoms. The van der Waals surface area contributed by atoms with Gasteiger partial charge in [0.05, 0.1) is 11.4 Å². The zero-order valence-corrected chi connectivity index (χ0v) is 11.7. The number of anilines is 1. The molecule has 0 radical (unpaired) electrons. The number of hydrogen-bond donors (Lipinski definition) is 3. The number of H-pyrrole nitrogens is 1. The first-order valence-corrected chi connectivity index (χ1v) is 6.91. The number of carbonyl (C=O) groups excluding carboxylic acids is 1. The highest BCUT2D eigenvalue weighted by molar-refractivity contribution is 5.97. The van der Waals surface area contributed by atoms with Gasteiger partial charge in [-0.25, -0.2) is 0 Å². The van der Waals surface area contributed by atoms with E-state index in [9.17, 15) is 4.79 Å². The van der Waals surface area contributed by atoms with Crippen LogP contribution in [0.2, 0.25) is 0 Å². The summed E-state index contributed by atoms with van der Waals surface area (Å²) >= 11 is 0. The van der Waals surface area contributed by atoms with E-state index in [0.717, 1.165) is 25.3 Å². The minimum atomic E-state index is -0.202. The Balaban J connectivity index is 1.86. The Hall–Kier alpha value is -1.56. The molecule has 0 saturated carbocycles. The predicted molar refractivity (Wildman–Crippen MR) is 75.0 cm³/mol. The van der Waals surface area contributed by atoms with Gasteiger partial charge in [0.1, 0.15) is 0 Å². The lowest BCUT2D eigenvalue weighted by molar-refractivity contribution is 0.0921. The van der Waals surface area contributed by atoms with Gasteiger partial charge in [-0.15, -0.1) is 0 Å². The largest absolute Gasteiger partial charge is 0.395 e. The standard InChI is InChI=1S/C13H23N5O/c1-9(8-18-6-4-3-5-7-18)15-13(19)12-11(14)10(2)16-17-12/h9H,3-8,14H2,1-2H3,(H,15,19)(H,16,17). The summed E-state index contributed by atoms with van der Waals surface area (Å²) < 4.78 is 0. The summed E-state index contributed by atoms with van der Waals surface area (Å²) in [6, 6.07) is 0.0991. The van der Waals surface area contributed by atoms with Gasteiger partial charge in [-0.05, 0) is 39.8 Å². The van der Waals surface area contributed by atoms with Crippen molar-refractivity contribution in [3.05, 3.63) is 11.4 Å². The van der Waals surface area contributed by atoms with E-state index in [2.05, 4.69) is 20.4 Å². The number of nitrogens with two attached hydrogens (primary N) is 1. The van der Waals surface area contributed by atoms with Crippen molar-refractivity contribution in [2.45, 2.75) is 39.2 Å². The molecular weight excluding hydrogens is 242 g/mol. The fourth-order valence-electron chi connectivity index (χ4n) is 2.48. The first kappa shape index (κ1) is 13.9. The third-order valence-electron chi connectivity index (χ3n) is 3.57. The SMILES string of the molecule is Cc1[nH]nc(C(=O)NC(C)CN2CCCCC2)c1N. The lowest BCUT2D eigenvalue weighted by Gasteiger charge is -2.29. The van der Waals surface area contributed by atoms with Gasteiger partial charge in [0.15, 0.2) is 5.69 Å². The van der Waals surface area contributed by atoms with Crippen molar-refractivity contribution in [2.24, 2.45) is 0 Å². The summed E-state index contributed by atoms with van der Waals surface area (Å²) in [5, 5.41) is 9.62. The minimum absolute atomic E-state index is 0.0991. The zero-order chi connectivity index (χ0) is 13.8. The summed E-state index contributed by atoms with van der Waals surface area (Å²) in [6.45, 7) is 6.96. The molecule has 1 atom stereocenters. The number of rotatable bonds is 4. The molecule has 19 heavy (non-hydrogen) atoms. The Morgan fingerprint density at radius 1 is 1.47 bits per heavy atom. The molecule has 1 aromatic heterocycles. The van der Waals surface area contributed by atoms with E-state index >= 15 is 0 Å². The van der Waals surface area contributed by atoms with Crippen LogP contribution >= 0.6 is 0 Å². The van der Waals surface area contributed by atoms with E-state index < -0.39 is 0 Å². The first-order chi connectivity index (χ1) is 9.08. The molecule has 1 aromatic rings. The lowest BCUT2D eigenvalue weighted by atomic mass is 10.1. The number of nitrogen functional groups attached to an aromatic ring is 1. The van der Waals surface area contributed by atoms with Crippen molar-refractivity contribution >= 4 is 11.6 Å². The Morgan fingerprint density at radius 3 is 2.74 bits per heavy atom. The van der Waals surface area contributed by atoms with Crippen molar-refractivity contribution in [3.8, 4) is 0 Å². The number of amides is 1. The third-order valence-corrected chi connectivity index (χ3v) is 3.57. The Labute approximate surface area is 113 Å². The number of likely N-dealkylation sites (tertiary alicyclic amines) is 1. The highest BCUT2D eigenvalue weighted by Gasteiger charge is 2.19. The molecule has 106 valence electrons. The fourth-order valence-corrected chi connectivity index (χ4v) is 2.48. The molecule has 1 saturated heterocycles. The van der Waals surface area contributed by atoms with E-state index in [0.29, 0.717) is 11.4 Å². The number of nitrogens with zero attached hydrogens (tertiary/aromatic N) is 2. The molecule has 2 heterocycles. The summed E-state index contributed by atoms with van der Waals surface area (Å²) in [6.07, 6.45) is 3.83. The van der Waals surface area contributed by atoms with Crippen LogP contribution in [0.3, 0.4) is 0 Å². The van der Waals surface area contributed by atoms with E-state index in [4.69, 9.17) is 5.73 Å². The molecule has 0 bridgehead atoms. The maximum absolute atomic E-state index is 12.0. The second-order valence-corrected chi connectivity index (χ2v) is 5.35. The molecular formula is C13H23N5O. The van der Waals surface area contributed by atoms with Crippen LogP contribution in [0.15, 0.2) is 0 Å². The van der Waals surface area contributed by atoms with Gasteiger partial charge in [-0.2, -0.15) is 5.10 Å². The molecule has 0 spiro atoms. The first-order valence-electron chi connectivity index (χ1n) is 6.91. The van der Waals surface area contributed by atoms with Crippen LogP contribution in [0.4, 0.5) is 5.69 Å². The maximum Gasteiger partial charge on any atom is 0.274 e. The quantitative estimate of drug-likeness (QED) is 0.755. The maximum atomic E-state index is 12.0. The molecule has 1 fully saturated rings. The van der Waals surface area contributed by atoms with Crippen molar-refractivity contribution in [1.82, 2.24) is 20.4 Å². The Kier molecular flexibility index (Phi) is 4.42. The number of nitrogens with one attached hydrogen (secondary N) is 2. The van der Waals surface area contributed by atoms with Gasteiger partial charge in [0.2, 0.25) is 0 Å². The number of aromatic amines is 1. The van der Waals surface area contributed by atoms with Gasteiger partial charge in [-0.3, -0.25) is 9.89 Å². The van der Waals surface area contributed by atoms with Gasteiger partial charge >= 0.3 is 0 Å². The molecule has 4 N–H and O–H groups in total. The average molecular weight is 265 g/mol. The van der Waals surface area contributed by atoms with Crippen molar-refractivity contribution < 1.29 is 4.79 Å². The van der Waals surface area contributed by atoms with Gasteiger partial charge in [-0.1, -0.05) is 6.42 Å². The summed E-state index contributed by atoms with van der Waals surface area (Å²) in [7, 11) is 0. The van der Waals surface area contributed by atoms with E-state index in [1.165, 1.54) is 19.3 Å². The summed E-state index contributed by atoms with van der Waals surface area (Å²) in [4.78, 5) is 14.4. The van der Waals surface area contributed by atoms with Crippen LogP contribution in [-0.2, 0) is 0 Å². The molecule has 0 aliphatic carbocycles. The minimum Gasteiger partial charge on any atom is -0.395 e. The average Bonchev–Trinajstić information content (AvgIpc) is 2.71. The normalized spacial score (nSPS) is 18.2. The Bertz CT molecular complexity index is 436. The smallest absolute Gasteiger partial charge is 0.274 e. The van der Waals surface area contributed by atoms with Crippen LogP contribution < -0.4 is 11.1 Å². The summed E-state index contributed by atoms with van der Waals surface area (Å²) in [5.41, 5.74) is 7.26. The predicted octanol–water partition coefficient (Wildman–Crippen LogP) is 0.905. The Morgan fingerprint density at radius 2 is 2.16 bits per heavy atom. The molecule has 1 aliphatic rings. The number of hydrogen-bond acceptors (Lipinski definition) is 4. The molecule has 6 nitrogen and oxygen atoms in total. The van der Waals surface area contributed by atoms with Crippen molar-refractivity contribution in [2.75, 3.05) is 25.4 Å². The molecule has 2 rings (SSSR count). The van der Waals surface area contributed by atoms with Crippen LogP contribution in [0.5, 0.6) is 0 Å². The number of carbonyl (C=O) groups is 1. The number of aromatic nitrogens is 2. The van der Waals surface area contributed by atoms with Gasteiger partial charge in [0.25, 0.3) is 5.91 Å². The number of aryl methyl sites for hydroxylation is 1. The molecule has 1 amide bonds. The van der Waals surface area contributed by atoms with Gasteiger partial charge in [0, 0.05) is 12.6 Å². The van der Waals surface area contributed by atoms with Crippen LogP contribution in [0.1, 0.15) is 42.4 Å². The van der Waals surface area contributed by atoms with E-state index in [-0.39, 0.29) is 11.9 Å². The topological polar surface area (TPSA) is 87.0 Å². The second kappa shape index (κ2) is 6.06. The van der Waals surface area contributed by atoms with Crippen LogP contribution in [0.25, 0.3) is 0 Å². The fraction of sp³-hybridized carbons (Fsp3) is 0.692. The second-order valence-electron chi connectivity index (χ2n) is 5.35. The molecule has 1 aliphatic heterocycles. The number of piperidine rings is 1. The van der Waals surface area contributed by atoms with Crippen molar-refractivity contribution in [3.63, 3.8) is 0 Å². The molecule has 0 aromatic carbocycles. The molecule has 1 unspecified atom stereocenters. The van der Waals surface area contributed by atoms with Crippen LogP contribution in [0, 0.1) is 6.92 Å². The van der Waals surface area contributed by atoms with Crippen molar-refractivity contribution in [1.29, 1.82) is 0 Å². The lowest BCUT2D eigenvalue weighted by Crippen LogP contribution is -2.43. The summed E-state index contributed by atoms with van der Waals surface area (Å²) in [5.74, 6) is -0.202. The van der Waals surface area contributed by atoms with E-state index in [1.807, 2.05) is 6.92 Å². The van der Waals surface area contributed by atoms with E-state index in [1.54, 1.807) is 6.92 Å². The highest BCUT2D eigenvalue weighted by atomic mass is 16.2. The van der Waals surface area contributed by atoms with Crippen LogP contribution in [-0.4, -0.2) is 46.7 Å². The zero-order valence-electron chi connectivity index (χ0n) is 11.7. The highest BCUT2D eigenvalue weighted by Crippen LogP contribution is 2.13.